The quantitative estimate of drug-likeness (QED) is 0.797. The third kappa shape index (κ3) is 2.29. The van der Waals surface area contributed by atoms with Gasteiger partial charge in [-0.2, -0.15) is 0 Å². The Labute approximate surface area is 115 Å². The summed E-state index contributed by atoms with van der Waals surface area (Å²) in [6.45, 7) is 6.43. The van der Waals surface area contributed by atoms with Gasteiger partial charge in [-0.1, -0.05) is 15.9 Å². The number of hydrogen-bond acceptors (Lipinski definition) is 2. The summed E-state index contributed by atoms with van der Waals surface area (Å²) < 4.78 is 8.12. The molecule has 0 N–H and O–H groups in total. The van der Waals surface area contributed by atoms with Crippen LogP contribution < -0.4 is 0 Å². The lowest BCUT2D eigenvalue weighted by atomic mass is 10.1. The van der Waals surface area contributed by atoms with Gasteiger partial charge in [-0.15, -0.1) is 0 Å². The van der Waals surface area contributed by atoms with E-state index < -0.39 is 0 Å². The normalized spacial score (nSPS) is 11.2. The number of carbonyl (C=O) groups excluding carboxylic acids is 1. The second kappa shape index (κ2) is 5.14. The third-order valence-corrected chi connectivity index (χ3v) is 3.31. The summed E-state index contributed by atoms with van der Waals surface area (Å²) in [6.07, 6.45) is 2.00. The molecule has 0 spiro atoms. The number of ether oxygens (including phenoxy) is 1. The van der Waals surface area contributed by atoms with Gasteiger partial charge in [0, 0.05) is 22.1 Å². The van der Waals surface area contributed by atoms with Gasteiger partial charge in [-0.05, 0) is 39.0 Å². The third-order valence-electron chi connectivity index (χ3n) is 2.85. The highest BCUT2D eigenvalue weighted by molar-refractivity contribution is 9.10. The van der Waals surface area contributed by atoms with Gasteiger partial charge < -0.3 is 9.30 Å². The highest BCUT2D eigenvalue weighted by Crippen LogP contribution is 2.28. The van der Waals surface area contributed by atoms with Crippen LogP contribution in [-0.2, 0) is 4.74 Å². The minimum absolute atomic E-state index is 0.273. The maximum absolute atomic E-state index is 11.9. The summed E-state index contributed by atoms with van der Waals surface area (Å²) in [5, 5.41) is 0.936. The lowest BCUT2D eigenvalue weighted by Crippen LogP contribution is -2.05. The first-order valence-electron chi connectivity index (χ1n) is 6.01. The fraction of sp³-hybridized carbons (Fsp3) is 0.357. The van der Waals surface area contributed by atoms with E-state index in [1.54, 1.807) is 0 Å². The summed E-state index contributed by atoms with van der Waals surface area (Å²) >= 11 is 3.45. The van der Waals surface area contributed by atoms with Crippen molar-refractivity contribution in [1.82, 2.24) is 4.57 Å². The fourth-order valence-corrected chi connectivity index (χ4v) is 2.50. The number of benzene rings is 1. The maximum atomic E-state index is 11.9. The van der Waals surface area contributed by atoms with Crippen LogP contribution in [0.1, 0.15) is 37.2 Å². The van der Waals surface area contributed by atoms with E-state index in [4.69, 9.17) is 4.74 Å². The molecule has 0 atom stereocenters. The zero-order chi connectivity index (χ0) is 13.3. The molecule has 96 valence electrons. The van der Waals surface area contributed by atoms with Crippen molar-refractivity contribution in [3.63, 3.8) is 0 Å². The van der Waals surface area contributed by atoms with Crippen molar-refractivity contribution in [3.8, 4) is 0 Å². The van der Waals surface area contributed by atoms with E-state index in [0.29, 0.717) is 18.2 Å². The van der Waals surface area contributed by atoms with Crippen LogP contribution in [0.15, 0.2) is 28.9 Å². The predicted octanol–water partition coefficient (Wildman–Crippen LogP) is 4.16. The van der Waals surface area contributed by atoms with Crippen LogP contribution in [0.25, 0.3) is 10.9 Å². The molecule has 0 saturated heterocycles. The largest absolute Gasteiger partial charge is 0.462 e. The van der Waals surface area contributed by atoms with Gasteiger partial charge in [0.2, 0.25) is 0 Å². The minimum Gasteiger partial charge on any atom is -0.462 e. The highest BCUT2D eigenvalue weighted by atomic mass is 79.9. The van der Waals surface area contributed by atoms with E-state index in [-0.39, 0.29) is 5.97 Å². The number of esters is 1. The van der Waals surface area contributed by atoms with Crippen LogP contribution in [0.4, 0.5) is 0 Å². The molecule has 0 aliphatic rings. The SMILES string of the molecule is CCOC(=O)c1cc(Br)cc2c1ccn2C(C)C. The van der Waals surface area contributed by atoms with Crippen LogP contribution in [0.2, 0.25) is 0 Å². The van der Waals surface area contributed by atoms with Gasteiger partial charge in [0.25, 0.3) is 0 Å². The molecule has 0 aliphatic carbocycles. The van der Waals surface area contributed by atoms with E-state index in [0.717, 1.165) is 15.4 Å². The molecule has 1 heterocycles. The predicted molar refractivity (Wildman–Crippen MR) is 76.0 cm³/mol. The summed E-state index contributed by atoms with van der Waals surface area (Å²) in [4.78, 5) is 11.9. The Balaban J connectivity index is 2.64. The molecule has 1 aromatic heterocycles. The molecule has 2 rings (SSSR count). The molecule has 1 aromatic carbocycles. The summed E-state index contributed by atoms with van der Waals surface area (Å²) in [7, 11) is 0. The van der Waals surface area contributed by atoms with Crippen molar-refractivity contribution in [3.05, 3.63) is 34.4 Å². The standard InChI is InChI=1S/C14H16BrNO2/c1-4-18-14(17)12-7-10(15)8-13-11(12)5-6-16(13)9(2)3/h5-9H,4H2,1-3H3. The van der Waals surface area contributed by atoms with Crippen LogP contribution >= 0.6 is 15.9 Å². The molecule has 0 unspecified atom stereocenters. The maximum Gasteiger partial charge on any atom is 0.338 e. The number of aromatic nitrogens is 1. The monoisotopic (exact) mass is 309 g/mol. The van der Waals surface area contributed by atoms with Gasteiger partial charge in [-0.3, -0.25) is 0 Å². The topological polar surface area (TPSA) is 31.2 Å². The lowest BCUT2D eigenvalue weighted by molar-refractivity contribution is 0.0528. The zero-order valence-corrected chi connectivity index (χ0v) is 12.3. The summed E-state index contributed by atoms with van der Waals surface area (Å²) in [5.41, 5.74) is 1.66. The van der Waals surface area contributed by atoms with Crippen molar-refractivity contribution in [2.75, 3.05) is 6.61 Å². The van der Waals surface area contributed by atoms with E-state index in [1.807, 2.05) is 31.3 Å². The number of fused-ring (bicyclic) bond motifs is 1. The lowest BCUT2D eigenvalue weighted by Gasteiger charge is -2.11. The van der Waals surface area contributed by atoms with Gasteiger partial charge >= 0.3 is 5.97 Å². The van der Waals surface area contributed by atoms with Crippen LogP contribution in [0.5, 0.6) is 0 Å². The number of nitrogens with zero attached hydrogens (tertiary/aromatic N) is 1. The molecule has 0 radical (unpaired) electrons. The summed E-state index contributed by atoms with van der Waals surface area (Å²) in [6, 6.07) is 6.16. The van der Waals surface area contributed by atoms with Gasteiger partial charge in [0.1, 0.15) is 0 Å². The second-order valence-electron chi connectivity index (χ2n) is 4.42. The Bertz CT molecular complexity index is 587. The Morgan fingerprint density at radius 3 is 2.78 bits per heavy atom. The highest BCUT2D eigenvalue weighted by Gasteiger charge is 2.15. The van der Waals surface area contributed by atoms with Gasteiger partial charge in [0.15, 0.2) is 0 Å². The minimum atomic E-state index is -0.273. The van der Waals surface area contributed by atoms with E-state index in [9.17, 15) is 4.79 Å². The van der Waals surface area contributed by atoms with Crippen molar-refractivity contribution in [2.24, 2.45) is 0 Å². The van der Waals surface area contributed by atoms with Crippen LogP contribution in [-0.4, -0.2) is 17.1 Å². The van der Waals surface area contributed by atoms with Crippen molar-refractivity contribution >= 4 is 32.8 Å². The molecule has 0 aliphatic heterocycles. The van der Waals surface area contributed by atoms with Crippen molar-refractivity contribution in [1.29, 1.82) is 0 Å². The van der Waals surface area contributed by atoms with Crippen LogP contribution in [0, 0.1) is 0 Å². The van der Waals surface area contributed by atoms with Crippen molar-refractivity contribution in [2.45, 2.75) is 26.8 Å². The first-order valence-corrected chi connectivity index (χ1v) is 6.81. The Hall–Kier alpha value is -1.29. The molecular formula is C14H16BrNO2. The van der Waals surface area contributed by atoms with Crippen molar-refractivity contribution < 1.29 is 9.53 Å². The zero-order valence-electron chi connectivity index (χ0n) is 10.7. The average Bonchev–Trinajstić information content (AvgIpc) is 2.71. The molecular weight excluding hydrogens is 294 g/mol. The number of hydrogen-bond donors (Lipinski definition) is 0. The van der Waals surface area contributed by atoms with Gasteiger partial charge in [0.05, 0.1) is 17.7 Å². The molecule has 0 bridgehead atoms. The second-order valence-corrected chi connectivity index (χ2v) is 5.34. The van der Waals surface area contributed by atoms with Gasteiger partial charge in [-0.25, -0.2) is 4.79 Å². The fourth-order valence-electron chi connectivity index (χ4n) is 2.06. The molecule has 2 aromatic rings. The average molecular weight is 310 g/mol. The van der Waals surface area contributed by atoms with E-state index >= 15 is 0 Å². The smallest absolute Gasteiger partial charge is 0.338 e. The van der Waals surface area contributed by atoms with E-state index in [2.05, 4.69) is 34.3 Å². The number of carbonyl (C=O) groups is 1. The van der Waals surface area contributed by atoms with E-state index in [1.165, 1.54) is 0 Å². The first kappa shape index (κ1) is 13.1. The first-order chi connectivity index (χ1) is 8.54. The molecule has 3 nitrogen and oxygen atoms in total. The Morgan fingerprint density at radius 2 is 2.17 bits per heavy atom. The van der Waals surface area contributed by atoms with Crippen LogP contribution in [0.3, 0.4) is 0 Å². The molecule has 0 saturated carbocycles. The molecule has 0 amide bonds. The molecule has 18 heavy (non-hydrogen) atoms. The molecule has 4 heteroatoms. The number of rotatable bonds is 3. The molecule has 0 fully saturated rings. The Morgan fingerprint density at radius 1 is 1.44 bits per heavy atom. The summed E-state index contributed by atoms with van der Waals surface area (Å²) in [5.74, 6) is -0.273. The Kier molecular flexibility index (Phi) is 3.76. The number of halogens is 1.